The number of aromatic nitrogens is 4. The van der Waals surface area contributed by atoms with Crippen molar-refractivity contribution < 1.29 is 4.52 Å². The molecule has 0 bridgehead atoms. The number of nitrogens with zero attached hydrogens (tertiary/aromatic N) is 5. The molecule has 7 heteroatoms. The molecule has 0 radical (unpaired) electrons. The van der Waals surface area contributed by atoms with E-state index >= 15 is 0 Å². The summed E-state index contributed by atoms with van der Waals surface area (Å²) in [6.45, 7) is 5.43. The number of hydrogen-bond acceptors (Lipinski definition) is 7. The van der Waals surface area contributed by atoms with Gasteiger partial charge in [-0.25, -0.2) is 0 Å². The fourth-order valence-electron chi connectivity index (χ4n) is 1.60. The predicted molar refractivity (Wildman–Crippen MR) is 68.1 cm³/mol. The highest BCUT2D eigenvalue weighted by atomic mass is 32.1. The van der Waals surface area contributed by atoms with E-state index in [-0.39, 0.29) is 0 Å². The van der Waals surface area contributed by atoms with E-state index in [1.54, 1.807) is 11.3 Å². The zero-order valence-corrected chi connectivity index (χ0v) is 11.7. The Bertz CT molecular complexity index is 495. The molecular weight excluding hydrogens is 250 g/mol. The molecule has 0 N–H and O–H groups in total. The average molecular weight is 267 g/mol. The first kappa shape index (κ1) is 13.1. The summed E-state index contributed by atoms with van der Waals surface area (Å²) < 4.78 is 5.20. The second-order valence-corrected chi connectivity index (χ2v) is 5.51. The van der Waals surface area contributed by atoms with Gasteiger partial charge in [0, 0.05) is 6.42 Å². The molecular formula is C11H17N5OS. The van der Waals surface area contributed by atoms with Gasteiger partial charge in [0.25, 0.3) is 0 Å². The first-order valence-electron chi connectivity index (χ1n) is 5.96. The maximum absolute atomic E-state index is 5.20. The van der Waals surface area contributed by atoms with Crippen molar-refractivity contribution in [2.45, 2.75) is 39.8 Å². The van der Waals surface area contributed by atoms with Crippen LogP contribution in [0.4, 0.5) is 0 Å². The van der Waals surface area contributed by atoms with Crippen LogP contribution in [0.25, 0.3) is 0 Å². The van der Waals surface area contributed by atoms with Crippen LogP contribution in [0.2, 0.25) is 0 Å². The van der Waals surface area contributed by atoms with Crippen molar-refractivity contribution in [3.8, 4) is 0 Å². The van der Waals surface area contributed by atoms with Crippen LogP contribution in [0.1, 0.15) is 35.1 Å². The second-order valence-electron chi connectivity index (χ2n) is 4.24. The van der Waals surface area contributed by atoms with Gasteiger partial charge in [0.05, 0.1) is 13.1 Å². The highest BCUT2D eigenvalue weighted by Crippen LogP contribution is 2.11. The van der Waals surface area contributed by atoms with Crippen LogP contribution in [0, 0.1) is 6.92 Å². The lowest BCUT2D eigenvalue weighted by Gasteiger charge is -2.10. The Kier molecular flexibility index (Phi) is 4.38. The molecule has 0 fully saturated rings. The molecule has 2 heterocycles. The molecule has 0 atom stereocenters. The van der Waals surface area contributed by atoms with E-state index in [0.717, 1.165) is 35.2 Å². The van der Waals surface area contributed by atoms with Gasteiger partial charge in [-0.1, -0.05) is 12.1 Å². The third-order valence-corrected chi connectivity index (χ3v) is 3.19. The largest absolute Gasteiger partial charge is 0.338 e. The van der Waals surface area contributed by atoms with E-state index in [1.165, 1.54) is 0 Å². The van der Waals surface area contributed by atoms with E-state index in [4.69, 9.17) is 4.52 Å². The highest BCUT2D eigenvalue weighted by molar-refractivity contribution is 7.11. The molecule has 0 amide bonds. The summed E-state index contributed by atoms with van der Waals surface area (Å²) in [4.78, 5) is 6.42. The molecule has 18 heavy (non-hydrogen) atoms. The lowest BCUT2D eigenvalue weighted by atomic mass is 10.3. The van der Waals surface area contributed by atoms with Gasteiger partial charge in [0.2, 0.25) is 5.89 Å². The fourth-order valence-corrected chi connectivity index (χ4v) is 2.39. The van der Waals surface area contributed by atoms with Crippen LogP contribution in [0.5, 0.6) is 0 Å². The molecule has 0 aliphatic carbocycles. The molecule has 98 valence electrons. The third kappa shape index (κ3) is 3.58. The third-order valence-electron chi connectivity index (χ3n) is 2.36. The number of aryl methyl sites for hydroxylation is 2. The van der Waals surface area contributed by atoms with Crippen molar-refractivity contribution in [1.82, 2.24) is 25.2 Å². The molecule has 0 aliphatic rings. The summed E-state index contributed by atoms with van der Waals surface area (Å²) in [5.41, 5.74) is 0. The summed E-state index contributed by atoms with van der Waals surface area (Å²) in [6, 6.07) is 0. The van der Waals surface area contributed by atoms with Crippen molar-refractivity contribution in [3.63, 3.8) is 0 Å². The van der Waals surface area contributed by atoms with Crippen LogP contribution >= 0.6 is 11.3 Å². The summed E-state index contributed by atoms with van der Waals surface area (Å²) in [5, 5.41) is 14.0. The van der Waals surface area contributed by atoms with E-state index in [0.29, 0.717) is 12.4 Å². The Hall–Kier alpha value is -1.34. The Morgan fingerprint density at radius 1 is 1.28 bits per heavy atom. The van der Waals surface area contributed by atoms with E-state index in [2.05, 4.69) is 32.2 Å². The van der Waals surface area contributed by atoms with Crippen molar-refractivity contribution in [2.24, 2.45) is 0 Å². The summed E-state index contributed by atoms with van der Waals surface area (Å²) >= 11 is 1.61. The van der Waals surface area contributed by atoms with Crippen molar-refractivity contribution in [2.75, 3.05) is 7.05 Å². The van der Waals surface area contributed by atoms with Crippen LogP contribution in [0.3, 0.4) is 0 Å². The molecule has 0 aliphatic heterocycles. The fraction of sp³-hybridized carbons (Fsp3) is 0.636. The van der Waals surface area contributed by atoms with Gasteiger partial charge in [-0.15, -0.1) is 21.5 Å². The first-order valence-corrected chi connectivity index (χ1v) is 6.78. The monoisotopic (exact) mass is 267 g/mol. The van der Waals surface area contributed by atoms with Crippen molar-refractivity contribution in [3.05, 3.63) is 21.7 Å². The number of hydrogen-bond donors (Lipinski definition) is 0. The van der Waals surface area contributed by atoms with E-state index in [9.17, 15) is 0 Å². The maximum Gasteiger partial charge on any atom is 0.240 e. The Morgan fingerprint density at radius 2 is 2.11 bits per heavy atom. The molecule has 6 nitrogen and oxygen atoms in total. The minimum Gasteiger partial charge on any atom is -0.338 e. The van der Waals surface area contributed by atoms with E-state index in [1.807, 2.05) is 14.0 Å². The predicted octanol–water partition coefficient (Wildman–Crippen LogP) is 1.81. The smallest absolute Gasteiger partial charge is 0.240 e. The van der Waals surface area contributed by atoms with Gasteiger partial charge in [0.1, 0.15) is 10.0 Å². The van der Waals surface area contributed by atoms with Gasteiger partial charge in [-0.05, 0) is 20.4 Å². The minimum atomic E-state index is 0.634. The molecule has 2 rings (SSSR count). The van der Waals surface area contributed by atoms with Gasteiger partial charge < -0.3 is 4.52 Å². The molecule has 0 spiro atoms. The van der Waals surface area contributed by atoms with Crippen molar-refractivity contribution in [1.29, 1.82) is 0 Å². The van der Waals surface area contributed by atoms with E-state index < -0.39 is 0 Å². The van der Waals surface area contributed by atoms with Crippen LogP contribution in [-0.4, -0.2) is 32.3 Å². The second kappa shape index (κ2) is 6.01. The summed E-state index contributed by atoms with van der Waals surface area (Å²) in [7, 11) is 2.00. The van der Waals surface area contributed by atoms with Gasteiger partial charge in [0.15, 0.2) is 5.82 Å². The molecule has 0 unspecified atom stereocenters. The molecule has 0 saturated carbocycles. The first-order chi connectivity index (χ1) is 8.67. The van der Waals surface area contributed by atoms with Crippen LogP contribution in [0.15, 0.2) is 4.52 Å². The van der Waals surface area contributed by atoms with Crippen LogP contribution in [-0.2, 0) is 19.5 Å². The SMILES string of the molecule is CCCc1noc(CN(C)Cc2nnc(C)s2)n1. The summed E-state index contributed by atoms with van der Waals surface area (Å²) in [6.07, 6.45) is 1.89. The maximum atomic E-state index is 5.20. The lowest BCUT2D eigenvalue weighted by Crippen LogP contribution is -2.17. The van der Waals surface area contributed by atoms with Gasteiger partial charge >= 0.3 is 0 Å². The van der Waals surface area contributed by atoms with Crippen molar-refractivity contribution >= 4 is 11.3 Å². The quantitative estimate of drug-likeness (QED) is 0.795. The molecule has 2 aromatic heterocycles. The van der Waals surface area contributed by atoms with Gasteiger partial charge in [-0.3, -0.25) is 4.90 Å². The lowest BCUT2D eigenvalue weighted by molar-refractivity contribution is 0.259. The molecule has 0 saturated heterocycles. The summed E-state index contributed by atoms with van der Waals surface area (Å²) in [5.74, 6) is 1.44. The van der Waals surface area contributed by atoms with Crippen LogP contribution < -0.4 is 0 Å². The molecule has 2 aromatic rings. The normalized spacial score (nSPS) is 11.3. The van der Waals surface area contributed by atoms with Gasteiger partial charge in [-0.2, -0.15) is 4.98 Å². The average Bonchev–Trinajstić information content (AvgIpc) is 2.89. The Morgan fingerprint density at radius 3 is 2.78 bits per heavy atom. The Labute approximate surface area is 110 Å². The topological polar surface area (TPSA) is 67.9 Å². The Balaban J connectivity index is 1.88. The highest BCUT2D eigenvalue weighted by Gasteiger charge is 2.10. The molecule has 0 aromatic carbocycles. The zero-order valence-electron chi connectivity index (χ0n) is 10.9. The standard InChI is InChI=1S/C11H17N5OS/c1-4-5-9-12-10(17-15-9)6-16(3)7-11-14-13-8(2)18-11/h4-7H2,1-3H3. The number of rotatable bonds is 6. The zero-order chi connectivity index (χ0) is 13.0. The minimum absolute atomic E-state index is 0.634.